The Morgan fingerprint density at radius 1 is 1.24 bits per heavy atom. The Balaban J connectivity index is 2.23. The lowest BCUT2D eigenvalue weighted by atomic mass is 10.0. The first-order valence-corrected chi connectivity index (χ1v) is 6.07. The topological polar surface area (TPSA) is 38.9 Å². The summed E-state index contributed by atoms with van der Waals surface area (Å²) in [6, 6.07) is 10.1. The minimum absolute atomic E-state index is 0.289. The average molecular weight is 295 g/mol. The SMILES string of the molecule is NC(Cc1ccccn1)c1c(F)cccc1Br. The van der Waals surface area contributed by atoms with E-state index >= 15 is 0 Å². The van der Waals surface area contributed by atoms with Crippen molar-refractivity contribution in [2.75, 3.05) is 0 Å². The average Bonchev–Trinajstić information content (AvgIpc) is 2.30. The van der Waals surface area contributed by atoms with Crippen LogP contribution in [0.25, 0.3) is 0 Å². The Hall–Kier alpha value is -1.26. The van der Waals surface area contributed by atoms with E-state index in [1.54, 1.807) is 18.3 Å². The molecule has 1 heterocycles. The van der Waals surface area contributed by atoms with E-state index in [4.69, 9.17) is 5.73 Å². The van der Waals surface area contributed by atoms with E-state index in [2.05, 4.69) is 20.9 Å². The van der Waals surface area contributed by atoms with Gasteiger partial charge in [0.2, 0.25) is 0 Å². The van der Waals surface area contributed by atoms with E-state index in [-0.39, 0.29) is 5.82 Å². The number of rotatable bonds is 3. The summed E-state index contributed by atoms with van der Waals surface area (Å²) in [7, 11) is 0. The quantitative estimate of drug-likeness (QED) is 0.944. The molecule has 1 aromatic carbocycles. The molecule has 0 spiro atoms. The molecular formula is C13H12BrFN2. The number of hydrogen-bond donors (Lipinski definition) is 1. The fourth-order valence-corrected chi connectivity index (χ4v) is 2.35. The van der Waals surface area contributed by atoms with Gasteiger partial charge in [-0.05, 0) is 24.3 Å². The first kappa shape index (κ1) is 12.2. The third-order valence-electron chi connectivity index (χ3n) is 2.53. The molecule has 0 aliphatic carbocycles. The Kier molecular flexibility index (Phi) is 3.86. The zero-order valence-corrected chi connectivity index (χ0v) is 10.7. The highest BCUT2D eigenvalue weighted by Crippen LogP contribution is 2.26. The third-order valence-corrected chi connectivity index (χ3v) is 3.22. The van der Waals surface area contributed by atoms with E-state index in [1.165, 1.54) is 6.07 Å². The second-order valence-electron chi connectivity index (χ2n) is 3.77. The molecule has 1 aromatic heterocycles. The van der Waals surface area contributed by atoms with Gasteiger partial charge >= 0.3 is 0 Å². The highest BCUT2D eigenvalue weighted by atomic mass is 79.9. The van der Waals surface area contributed by atoms with Crippen LogP contribution < -0.4 is 5.73 Å². The Morgan fingerprint density at radius 2 is 2.06 bits per heavy atom. The predicted molar refractivity (Wildman–Crippen MR) is 69.0 cm³/mol. The van der Waals surface area contributed by atoms with Crippen LogP contribution in [0, 0.1) is 5.82 Å². The summed E-state index contributed by atoms with van der Waals surface area (Å²) in [6.07, 6.45) is 2.22. The van der Waals surface area contributed by atoms with Crippen molar-refractivity contribution in [2.45, 2.75) is 12.5 Å². The van der Waals surface area contributed by atoms with Gasteiger partial charge in [0, 0.05) is 34.4 Å². The van der Waals surface area contributed by atoms with Crippen molar-refractivity contribution in [1.82, 2.24) is 4.98 Å². The van der Waals surface area contributed by atoms with Gasteiger partial charge < -0.3 is 5.73 Å². The maximum absolute atomic E-state index is 13.7. The Bertz CT molecular complexity index is 482. The summed E-state index contributed by atoms with van der Waals surface area (Å²) in [5.74, 6) is -0.289. The third kappa shape index (κ3) is 2.90. The van der Waals surface area contributed by atoms with Gasteiger partial charge in [0.1, 0.15) is 5.82 Å². The molecule has 0 saturated carbocycles. The largest absolute Gasteiger partial charge is 0.324 e. The number of nitrogens with zero attached hydrogens (tertiary/aromatic N) is 1. The monoisotopic (exact) mass is 294 g/mol. The van der Waals surface area contributed by atoms with E-state index in [9.17, 15) is 4.39 Å². The molecule has 1 atom stereocenters. The van der Waals surface area contributed by atoms with Crippen LogP contribution in [0.2, 0.25) is 0 Å². The van der Waals surface area contributed by atoms with Crippen molar-refractivity contribution in [3.63, 3.8) is 0 Å². The second kappa shape index (κ2) is 5.38. The van der Waals surface area contributed by atoms with E-state index in [1.807, 2.05) is 18.2 Å². The van der Waals surface area contributed by atoms with Crippen molar-refractivity contribution >= 4 is 15.9 Å². The van der Waals surface area contributed by atoms with Crippen LogP contribution in [0.4, 0.5) is 4.39 Å². The zero-order chi connectivity index (χ0) is 12.3. The van der Waals surface area contributed by atoms with Gasteiger partial charge in [-0.3, -0.25) is 4.98 Å². The maximum Gasteiger partial charge on any atom is 0.129 e. The predicted octanol–water partition coefficient (Wildman–Crippen LogP) is 3.23. The van der Waals surface area contributed by atoms with Crippen LogP contribution in [0.3, 0.4) is 0 Å². The van der Waals surface area contributed by atoms with Crippen molar-refractivity contribution in [3.8, 4) is 0 Å². The first-order chi connectivity index (χ1) is 8.18. The molecule has 2 nitrogen and oxygen atoms in total. The van der Waals surface area contributed by atoms with Crippen LogP contribution >= 0.6 is 15.9 Å². The molecule has 0 radical (unpaired) electrons. The lowest BCUT2D eigenvalue weighted by Crippen LogP contribution is -2.16. The number of aromatic nitrogens is 1. The smallest absolute Gasteiger partial charge is 0.129 e. The summed E-state index contributed by atoms with van der Waals surface area (Å²) >= 11 is 3.32. The molecule has 0 amide bonds. The lowest BCUT2D eigenvalue weighted by Gasteiger charge is -2.14. The molecule has 0 bridgehead atoms. The first-order valence-electron chi connectivity index (χ1n) is 5.28. The van der Waals surface area contributed by atoms with Crippen molar-refractivity contribution < 1.29 is 4.39 Å². The molecule has 0 saturated heterocycles. The van der Waals surface area contributed by atoms with Crippen LogP contribution in [0.1, 0.15) is 17.3 Å². The van der Waals surface area contributed by atoms with Crippen LogP contribution in [0.15, 0.2) is 47.1 Å². The molecule has 2 aromatic rings. The zero-order valence-electron chi connectivity index (χ0n) is 9.11. The fourth-order valence-electron chi connectivity index (χ4n) is 1.71. The number of pyridine rings is 1. The molecule has 17 heavy (non-hydrogen) atoms. The maximum atomic E-state index is 13.7. The standard InChI is InChI=1S/C13H12BrFN2/c14-10-5-3-6-11(15)13(10)12(16)8-9-4-1-2-7-17-9/h1-7,12H,8,16H2. The summed E-state index contributed by atoms with van der Waals surface area (Å²) in [5.41, 5.74) is 7.37. The molecular weight excluding hydrogens is 283 g/mol. The highest BCUT2D eigenvalue weighted by Gasteiger charge is 2.15. The second-order valence-corrected chi connectivity index (χ2v) is 4.62. The van der Waals surface area contributed by atoms with Gasteiger partial charge in [0.25, 0.3) is 0 Å². The van der Waals surface area contributed by atoms with Gasteiger partial charge in [0.15, 0.2) is 0 Å². The van der Waals surface area contributed by atoms with Crippen molar-refractivity contribution in [1.29, 1.82) is 0 Å². The van der Waals surface area contributed by atoms with Gasteiger partial charge in [-0.2, -0.15) is 0 Å². The van der Waals surface area contributed by atoms with Crippen LogP contribution in [-0.2, 0) is 6.42 Å². The van der Waals surface area contributed by atoms with Gasteiger partial charge in [-0.15, -0.1) is 0 Å². The fraction of sp³-hybridized carbons (Fsp3) is 0.154. The summed E-state index contributed by atoms with van der Waals surface area (Å²) < 4.78 is 14.4. The Morgan fingerprint density at radius 3 is 2.71 bits per heavy atom. The molecule has 4 heteroatoms. The number of nitrogens with two attached hydrogens (primary N) is 1. The molecule has 2 rings (SSSR count). The molecule has 0 aliphatic heterocycles. The summed E-state index contributed by atoms with van der Waals surface area (Å²) in [4.78, 5) is 4.19. The summed E-state index contributed by atoms with van der Waals surface area (Å²) in [6.45, 7) is 0. The molecule has 1 unspecified atom stereocenters. The van der Waals surface area contributed by atoms with Gasteiger partial charge in [-0.25, -0.2) is 4.39 Å². The molecule has 0 fully saturated rings. The van der Waals surface area contributed by atoms with E-state index < -0.39 is 6.04 Å². The van der Waals surface area contributed by atoms with E-state index in [0.29, 0.717) is 16.5 Å². The Labute approximate surface area is 108 Å². The molecule has 0 aliphatic rings. The highest BCUT2D eigenvalue weighted by molar-refractivity contribution is 9.10. The van der Waals surface area contributed by atoms with Crippen LogP contribution in [0.5, 0.6) is 0 Å². The van der Waals surface area contributed by atoms with Gasteiger partial charge in [0.05, 0.1) is 0 Å². The van der Waals surface area contributed by atoms with E-state index in [0.717, 1.165) is 5.69 Å². The normalized spacial score (nSPS) is 12.4. The molecule has 88 valence electrons. The van der Waals surface area contributed by atoms with Gasteiger partial charge in [-0.1, -0.05) is 28.1 Å². The number of hydrogen-bond acceptors (Lipinski definition) is 2. The minimum atomic E-state index is -0.402. The minimum Gasteiger partial charge on any atom is -0.324 e. The lowest BCUT2D eigenvalue weighted by molar-refractivity contribution is 0.576. The van der Waals surface area contributed by atoms with Crippen molar-refractivity contribution in [3.05, 3.63) is 64.1 Å². The summed E-state index contributed by atoms with van der Waals surface area (Å²) in [5, 5.41) is 0. The molecule has 2 N–H and O–H groups in total. The van der Waals surface area contributed by atoms with Crippen LogP contribution in [-0.4, -0.2) is 4.98 Å². The number of halogens is 2. The number of benzene rings is 1. The van der Waals surface area contributed by atoms with Crippen molar-refractivity contribution in [2.24, 2.45) is 5.73 Å².